The summed E-state index contributed by atoms with van der Waals surface area (Å²) in [7, 11) is 3.13. The van der Waals surface area contributed by atoms with Crippen molar-refractivity contribution in [2.45, 2.75) is 18.5 Å². The molecule has 1 aliphatic heterocycles. The van der Waals surface area contributed by atoms with Gasteiger partial charge in [-0.1, -0.05) is 6.07 Å². The summed E-state index contributed by atoms with van der Waals surface area (Å²) in [6, 6.07) is 7.66. The molecule has 1 aliphatic rings. The van der Waals surface area contributed by atoms with Crippen molar-refractivity contribution < 1.29 is 23.0 Å². The van der Waals surface area contributed by atoms with Crippen molar-refractivity contribution in [1.29, 1.82) is 0 Å². The fourth-order valence-corrected chi connectivity index (χ4v) is 2.85. The predicted octanol–water partition coefficient (Wildman–Crippen LogP) is 2.53. The Morgan fingerprint density at radius 3 is 2.62 bits per heavy atom. The van der Waals surface area contributed by atoms with Crippen LogP contribution in [-0.2, 0) is 4.79 Å². The summed E-state index contributed by atoms with van der Waals surface area (Å²) in [5.41, 5.74) is 6.73. The first-order valence-corrected chi connectivity index (χ1v) is 8.00. The summed E-state index contributed by atoms with van der Waals surface area (Å²) in [4.78, 5) is 12.4. The molecule has 1 saturated heterocycles. The lowest BCUT2D eigenvalue weighted by molar-refractivity contribution is -0.117. The van der Waals surface area contributed by atoms with Gasteiger partial charge < -0.3 is 14.8 Å². The molecule has 8 heteroatoms. The molecule has 0 aromatic heterocycles. The van der Waals surface area contributed by atoms with E-state index < -0.39 is 23.6 Å². The fourth-order valence-electron chi connectivity index (χ4n) is 2.85. The second-order valence-corrected chi connectivity index (χ2v) is 5.85. The van der Waals surface area contributed by atoms with Crippen LogP contribution >= 0.6 is 0 Å². The van der Waals surface area contributed by atoms with Crippen molar-refractivity contribution >= 4 is 11.6 Å². The maximum absolute atomic E-state index is 13.7. The highest BCUT2D eigenvalue weighted by atomic mass is 19.1. The zero-order valence-electron chi connectivity index (χ0n) is 14.3. The SMILES string of the molecule is COc1ccc(C2CC(C(=O)Nc3ccc(F)cc3F)NN2)c(OC)c1. The van der Waals surface area contributed by atoms with E-state index in [9.17, 15) is 13.6 Å². The van der Waals surface area contributed by atoms with Crippen LogP contribution in [0.1, 0.15) is 18.0 Å². The molecule has 0 radical (unpaired) electrons. The van der Waals surface area contributed by atoms with Gasteiger partial charge in [0.15, 0.2) is 0 Å². The van der Waals surface area contributed by atoms with Crippen LogP contribution in [0.25, 0.3) is 0 Å². The number of amides is 1. The van der Waals surface area contributed by atoms with E-state index in [1.165, 1.54) is 6.07 Å². The van der Waals surface area contributed by atoms with Gasteiger partial charge in [-0.3, -0.25) is 4.79 Å². The van der Waals surface area contributed by atoms with Gasteiger partial charge in [-0.2, -0.15) is 0 Å². The molecule has 2 atom stereocenters. The van der Waals surface area contributed by atoms with Gasteiger partial charge in [-0.05, 0) is 24.6 Å². The normalized spacial score (nSPS) is 19.2. The number of hydrazine groups is 1. The van der Waals surface area contributed by atoms with Gasteiger partial charge in [0, 0.05) is 17.7 Å². The molecular weight excluding hydrogens is 344 g/mol. The largest absolute Gasteiger partial charge is 0.497 e. The second-order valence-electron chi connectivity index (χ2n) is 5.85. The van der Waals surface area contributed by atoms with Crippen molar-refractivity contribution in [1.82, 2.24) is 10.9 Å². The third kappa shape index (κ3) is 3.76. The Morgan fingerprint density at radius 2 is 1.92 bits per heavy atom. The third-order valence-corrected chi connectivity index (χ3v) is 4.22. The van der Waals surface area contributed by atoms with E-state index >= 15 is 0 Å². The molecule has 3 rings (SSSR count). The number of carbonyl (C=O) groups is 1. The Kier molecular flexibility index (Phi) is 5.34. The molecule has 0 spiro atoms. The lowest BCUT2D eigenvalue weighted by Gasteiger charge is -2.15. The second kappa shape index (κ2) is 7.67. The summed E-state index contributed by atoms with van der Waals surface area (Å²) in [5, 5.41) is 2.46. The Labute approximate surface area is 149 Å². The van der Waals surface area contributed by atoms with Crippen LogP contribution in [0.3, 0.4) is 0 Å². The van der Waals surface area contributed by atoms with Crippen LogP contribution in [-0.4, -0.2) is 26.2 Å². The maximum atomic E-state index is 13.7. The highest BCUT2D eigenvalue weighted by Crippen LogP contribution is 2.33. The zero-order chi connectivity index (χ0) is 18.7. The lowest BCUT2D eigenvalue weighted by atomic mass is 10.0. The van der Waals surface area contributed by atoms with E-state index in [4.69, 9.17) is 9.47 Å². The van der Waals surface area contributed by atoms with Crippen molar-refractivity contribution in [3.05, 3.63) is 53.6 Å². The number of halogens is 2. The van der Waals surface area contributed by atoms with Crippen LogP contribution in [0.2, 0.25) is 0 Å². The zero-order valence-corrected chi connectivity index (χ0v) is 14.3. The summed E-state index contributed by atoms with van der Waals surface area (Å²) < 4.78 is 37.2. The number of anilines is 1. The highest BCUT2D eigenvalue weighted by Gasteiger charge is 2.32. The fraction of sp³-hybridized carbons (Fsp3) is 0.278. The van der Waals surface area contributed by atoms with Crippen LogP contribution in [0.15, 0.2) is 36.4 Å². The smallest absolute Gasteiger partial charge is 0.243 e. The molecule has 1 amide bonds. The third-order valence-electron chi connectivity index (χ3n) is 4.22. The molecule has 1 heterocycles. The number of ether oxygens (including phenoxy) is 2. The molecule has 2 unspecified atom stereocenters. The summed E-state index contributed by atoms with van der Waals surface area (Å²) in [6.07, 6.45) is 0.428. The van der Waals surface area contributed by atoms with E-state index in [1.807, 2.05) is 6.07 Å². The van der Waals surface area contributed by atoms with Crippen LogP contribution in [0, 0.1) is 11.6 Å². The standard InChI is InChI=1S/C18H19F2N3O3/c1-25-11-4-5-12(17(8-11)26-2)15-9-16(23-22-15)18(24)21-14-6-3-10(19)7-13(14)20/h3-8,15-16,22-23H,9H2,1-2H3,(H,21,24). The van der Waals surface area contributed by atoms with Crippen molar-refractivity contribution in [2.24, 2.45) is 0 Å². The van der Waals surface area contributed by atoms with E-state index in [-0.39, 0.29) is 11.7 Å². The van der Waals surface area contributed by atoms with E-state index in [0.717, 1.165) is 17.7 Å². The maximum Gasteiger partial charge on any atom is 0.243 e. The molecule has 2 aromatic rings. The van der Waals surface area contributed by atoms with E-state index in [0.29, 0.717) is 17.9 Å². The molecule has 3 N–H and O–H groups in total. The first kappa shape index (κ1) is 18.1. The van der Waals surface area contributed by atoms with Crippen LogP contribution in [0.5, 0.6) is 11.5 Å². The quantitative estimate of drug-likeness (QED) is 0.762. The summed E-state index contributed by atoms with van der Waals surface area (Å²) in [5.74, 6) is -0.643. The number of methoxy groups -OCH3 is 2. The van der Waals surface area contributed by atoms with Crippen LogP contribution in [0.4, 0.5) is 14.5 Å². The Hall–Kier alpha value is -2.71. The minimum absolute atomic E-state index is 0.0660. The highest BCUT2D eigenvalue weighted by molar-refractivity contribution is 5.95. The molecule has 1 fully saturated rings. The Bertz CT molecular complexity index is 816. The molecule has 0 bridgehead atoms. The molecule has 0 aliphatic carbocycles. The number of nitrogens with one attached hydrogen (secondary N) is 3. The van der Waals surface area contributed by atoms with Crippen molar-refractivity contribution in [3.8, 4) is 11.5 Å². The average Bonchev–Trinajstić information content (AvgIpc) is 3.13. The van der Waals surface area contributed by atoms with Gasteiger partial charge >= 0.3 is 0 Å². The Balaban J connectivity index is 1.69. The Morgan fingerprint density at radius 1 is 1.12 bits per heavy atom. The molecule has 138 valence electrons. The first-order chi connectivity index (χ1) is 12.5. The van der Waals surface area contributed by atoms with Gasteiger partial charge in [0.25, 0.3) is 0 Å². The van der Waals surface area contributed by atoms with Gasteiger partial charge in [0.1, 0.15) is 29.2 Å². The van der Waals surface area contributed by atoms with Gasteiger partial charge in [0.05, 0.1) is 25.9 Å². The lowest BCUT2D eigenvalue weighted by Crippen LogP contribution is -2.39. The van der Waals surface area contributed by atoms with Gasteiger partial charge in [0.2, 0.25) is 5.91 Å². The molecule has 2 aromatic carbocycles. The van der Waals surface area contributed by atoms with Crippen LogP contribution < -0.4 is 25.6 Å². The average molecular weight is 363 g/mol. The topological polar surface area (TPSA) is 71.6 Å². The minimum atomic E-state index is -0.822. The molecule has 26 heavy (non-hydrogen) atoms. The van der Waals surface area contributed by atoms with E-state index in [1.54, 1.807) is 26.4 Å². The number of hydrogen-bond donors (Lipinski definition) is 3. The van der Waals surface area contributed by atoms with Gasteiger partial charge in [-0.15, -0.1) is 0 Å². The van der Waals surface area contributed by atoms with Gasteiger partial charge in [-0.25, -0.2) is 19.6 Å². The number of rotatable bonds is 5. The molecule has 6 nitrogen and oxygen atoms in total. The first-order valence-electron chi connectivity index (χ1n) is 8.00. The number of benzene rings is 2. The predicted molar refractivity (Wildman–Crippen MR) is 92.0 cm³/mol. The minimum Gasteiger partial charge on any atom is -0.497 e. The number of hydrogen-bond acceptors (Lipinski definition) is 5. The van der Waals surface area contributed by atoms with E-state index in [2.05, 4.69) is 16.2 Å². The molecular formula is C18H19F2N3O3. The molecule has 0 saturated carbocycles. The van der Waals surface area contributed by atoms with Crippen molar-refractivity contribution in [3.63, 3.8) is 0 Å². The summed E-state index contributed by atoms with van der Waals surface area (Å²) in [6.45, 7) is 0. The summed E-state index contributed by atoms with van der Waals surface area (Å²) >= 11 is 0. The van der Waals surface area contributed by atoms with Crippen molar-refractivity contribution in [2.75, 3.05) is 19.5 Å². The monoisotopic (exact) mass is 363 g/mol. The number of carbonyl (C=O) groups excluding carboxylic acids is 1.